The number of nitrogens with two attached hydrogens (primary N) is 1. The van der Waals surface area contributed by atoms with Crippen LogP contribution in [0.25, 0.3) is 16.6 Å². The Kier molecular flexibility index (Phi) is 5.48. The molecule has 0 radical (unpaired) electrons. The van der Waals surface area contributed by atoms with Crippen molar-refractivity contribution in [3.8, 4) is 5.69 Å². The van der Waals surface area contributed by atoms with Crippen LogP contribution in [0.2, 0.25) is 5.02 Å². The van der Waals surface area contributed by atoms with Gasteiger partial charge in [-0.15, -0.1) is 0 Å². The van der Waals surface area contributed by atoms with Crippen molar-refractivity contribution in [1.82, 2.24) is 14.9 Å². The largest absolute Gasteiger partial charge is 0.351 e. The Labute approximate surface area is 163 Å². The molecule has 138 valence electrons. The Balaban J connectivity index is 2.12. The molecule has 3 N–H and O–H groups in total. The highest BCUT2D eigenvalue weighted by molar-refractivity contribution is 7.99. The van der Waals surface area contributed by atoms with E-state index in [-0.39, 0.29) is 11.3 Å². The zero-order valence-corrected chi connectivity index (χ0v) is 15.8. The van der Waals surface area contributed by atoms with Gasteiger partial charge in [0, 0.05) is 5.02 Å². The van der Waals surface area contributed by atoms with Crippen molar-refractivity contribution in [1.29, 1.82) is 0 Å². The first kappa shape index (κ1) is 18.9. The number of aromatic nitrogens is 2. The zero-order chi connectivity index (χ0) is 19.6. The van der Waals surface area contributed by atoms with Crippen LogP contribution >= 0.6 is 23.4 Å². The van der Waals surface area contributed by atoms with Crippen LogP contribution in [0.3, 0.4) is 0 Å². The van der Waals surface area contributed by atoms with Crippen LogP contribution in [0.5, 0.6) is 0 Å². The van der Waals surface area contributed by atoms with Crippen LogP contribution in [-0.4, -0.2) is 27.2 Å². The Morgan fingerprint density at radius 2 is 1.93 bits per heavy atom. The molecule has 0 aliphatic rings. The number of rotatable bonds is 4. The van der Waals surface area contributed by atoms with Gasteiger partial charge in [-0.1, -0.05) is 41.1 Å². The van der Waals surface area contributed by atoms with Crippen molar-refractivity contribution in [2.24, 2.45) is 5.73 Å². The smallest absolute Gasteiger partial charge is 0.318 e. The summed E-state index contributed by atoms with van der Waals surface area (Å²) in [6, 6.07) is 11.2. The normalized spacial score (nSPS) is 10.7. The van der Waals surface area contributed by atoms with Gasteiger partial charge in [0.05, 0.1) is 22.3 Å². The number of halogens is 1. The maximum Gasteiger partial charge on any atom is 0.318 e. The SMILES string of the molecule is Cc1ccc(-n2c(SCC(=O)NC(N)=O)nc3cc(Cl)ccc3c2=O)cc1. The van der Waals surface area contributed by atoms with Gasteiger partial charge in [0.15, 0.2) is 5.16 Å². The molecule has 2 aromatic carbocycles. The number of amides is 3. The van der Waals surface area contributed by atoms with Gasteiger partial charge in [-0.25, -0.2) is 9.78 Å². The highest BCUT2D eigenvalue weighted by Crippen LogP contribution is 2.23. The summed E-state index contributed by atoms with van der Waals surface area (Å²) in [6.07, 6.45) is 0. The van der Waals surface area contributed by atoms with Crippen LogP contribution in [0.4, 0.5) is 4.79 Å². The Hall–Kier alpha value is -2.84. The van der Waals surface area contributed by atoms with Crippen molar-refractivity contribution >= 4 is 46.2 Å². The summed E-state index contributed by atoms with van der Waals surface area (Å²) in [5.41, 5.74) is 6.75. The maximum absolute atomic E-state index is 13.1. The minimum Gasteiger partial charge on any atom is -0.351 e. The number of imide groups is 1. The third kappa shape index (κ3) is 4.29. The van der Waals surface area contributed by atoms with Crippen LogP contribution < -0.4 is 16.6 Å². The molecule has 3 rings (SSSR count). The van der Waals surface area contributed by atoms with E-state index in [4.69, 9.17) is 17.3 Å². The topological polar surface area (TPSA) is 107 Å². The lowest BCUT2D eigenvalue weighted by Gasteiger charge is -2.13. The monoisotopic (exact) mass is 402 g/mol. The van der Waals surface area contributed by atoms with Gasteiger partial charge >= 0.3 is 6.03 Å². The zero-order valence-electron chi connectivity index (χ0n) is 14.2. The number of primary amides is 1. The molecule has 3 amide bonds. The summed E-state index contributed by atoms with van der Waals surface area (Å²) in [4.78, 5) is 40.1. The highest BCUT2D eigenvalue weighted by Gasteiger charge is 2.15. The Bertz CT molecular complexity index is 1100. The first-order valence-electron chi connectivity index (χ1n) is 7.86. The van der Waals surface area contributed by atoms with E-state index in [0.29, 0.717) is 26.8 Å². The minimum atomic E-state index is -0.935. The van der Waals surface area contributed by atoms with E-state index in [9.17, 15) is 14.4 Å². The summed E-state index contributed by atoms with van der Waals surface area (Å²) in [5.74, 6) is -0.712. The standard InChI is InChI=1S/C18H15ClN4O3S/c1-10-2-5-12(6-3-10)23-16(25)13-7-4-11(19)8-14(13)21-18(23)27-9-15(24)22-17(20)26/h2-8H,9H2,1H3,(H3,20,22,24,26). The number of hydrogen-bond donors (Lipinski definition) is 2. The van der Waals surface area contributed by atoms with E-state index in [2.05, 4.69) is 4.98 Å². The van der Waals surface area contributed by atoms with Gasteiger partial charge in [-0.3, -0.25) is 19.5 Å². The fraction of sp³-hybridized carbons (Fsp3) is 0.111. The number of fused-ring (bicyclic) bond motifs is 1. The molecule has 0 spiro atoms. The van der Waals surface area contributed by atoms with Gasteiger partial charge in [0.25, 0.3) is 5.56 Å². The van der Waals surface area contributed by atoms with E-state index in [1.54, 1.807) is 30.3 Å². The number of carbonyl (C=O) groups excluding carboxylic acids is 2. The second kappa shape index (κ2) is 7.81. The lowest BCUT2D eigenvalue weighted by atomic mass is 10.2. The first-order chi connectivity index (χ1) is 12.8. The van der Waals surface area contributed by atoms with Crippen molar-refractivity contribution in [2.75, 3.05) is 5.75 Å². The van der Waals surface area contributed by atoms with E-state index in [0.717, 1.165) is 17.3 Å². The molecule has 0 aliphatic heterocycles. The number of nitrogens with one attached hydrogen (secondary N) is 1. The van der Waals surface area contributed by atoms with E-state index in [1.165, 1.54) is 4.57 Å². The van der Waals surface area contributed by atoms with Gasteiger partial charge in [0.1, 0.15) is 0 Å². The molecule has 0 atom stereocenters. The summed E-state index contributed by atoms with van der Waals surface area (Å²) in [5, 5.41) is 3.14. The van der Waals surface area contributed by atoms with Crippen LogP contribution in [0, 0.1) is 6.92 Å². The average molecular weight is 403 g/mol. The fourth-order valence-electron chi connectivity index (χ4n) is 2.46. The number of benzene rings is 2. The van der Waals surface area contributed by atoms with Crippen molar-refractivity contribution < 1.29 is 9.59 Å². The predicted molar refractivity (Wildman–Crippen MR) is 106 cm³/mol. The Morgan fingerprint density at radius 1 is 1.22 bits per heavy atom. The molecule has 0 saturated carbocycles. The second-order valence-corrected chi connectivity index (χ2v) is 7.11. The molecule has 0 fully saturated rings. The van der Waals surface area contributed by atoms with Gasteiger partial charge in [0.2, 0.25) is 5.91 Å². The lowest BCUT2D eigenvalue weighted by Crippen LogP contribution is -2.36. The number of thioether (sulfide) groups is 1. The van der Waals surface area contributed by atoms with Gasteiger partial charge < -0.3 is 5.73 Å². The molecule has 1 heterocycles. The highest BCUT2D eigenvalue weighted by atomic mass is 35.5. The van der Waals surface area contributed by atoms with E-state index >= 15 is 0 Å². The summed E-state index contributed by atoms with van der Waals surface area (Å²) in [7, 11) is 0. The van der Waals surface area contributed by atoms with Crippen LogP contribution in [0.15, 0.2) is 52.4 Å². The molecule has 27 heavy (non-hydrogen) atoms. The molecule has 7 nitrogen and oxygen atoms in total. The van der Waals surface area contributed by atoms with Crippen LogP contribution in [-0.2, 0) is 4.79 Å². The average Bonchev–Trinajstić information content (AvgIpc) is 2.60. The van der Waals surface area contributed by atoms with Gasteiger partial charge in [-0.05, 0) is 37.3 Å². The minimum absolute atomic E-state index is 0.132. The molecule has 9 heteroatoms. The van der Waals surface area contributed by atoms with Crippen molar-refractivity contribution in [2.45, 2.75) is 12.1 Å². The second-order valence-electron chi connectivity index (χ2n) is 5.73. The number of nitrogens with zero attached hydrogens (tertiary/aromatic N) is 2. The number of aryl methyl sites for hydroxylation is 1. The number of hydrogen-bond acceptors (Lipinski definition) is 5. The first-order valence-corrected chi connectivity index (χ1v) is 9.23. The van der Waals surface area contributed by atoms with Crippen molar-refractivity contribution in [3.63, 3.8) is 0 Å². The Morgan fingerprint density at radius 3 is 2.59 bits per heavy atom. The summed E-state index contributed by atoms with van der Waals surface area (Å²) in [6.45, 7) is 1.94. The predicted octanol–water partition coefficient (Wildman–Crippen LogP) is 2.63. The quantitative estimate of drug-likeness (QED) is 0.515. The number of urea groups is 1. The van der Waals surface area contributed by atoms with Crippen LogP contribution in [0.1, 0.15) is 5.56 Å². The van der Waals surface area contributed by atoms with Crippen molar-refractivity contribution in [3.05, 3.63) is 63.4 Å². The molecule has 1 aromatic heterocycles. The molecule has 0 saturated heterocycles. The molecule has 3 aromatic rings. The third-order valence-electron chi connectivity index (χ3n) is 3.69. The molecule has 0 unspecified atom stereocenters. The number of carbonyl (C=O) groups is 2. The summed E-state index contributed by atoms with van der Waals surface area (Å²) < 4.78 is 1.43. The van der Waals surface area contributed by atoms with E-state index in [1.807, 2.05) is 24.4 Å². The maximum atomic E-state index is 13.1. The molecular formula is C18H15ClN4O3S. The molecular weight excluding hydrogens is 388 g/mol. The summed E-state index contributed by atoms with van der Waals surface area (Å²) >= 11 is 7.03. The third-order valence-corrected chi connectivity index (χ3v) is 4.86. The van der Waals surface area contributed by atoms with Gasteiger partial charge in [-0.2, -0.15) is 0 Å². The lowest BCUT2D eigenvalue weighted by molar-refractivity contribution is -0.117. The molecule has 0 aliphatic carbocycles. The fourth-order valence-corrected chi connectivity index (χ4v) is 3.44. The van der Waals surface area contributed by atoms with E-state index < -0.39 is 11.9 Å². The molecule has 0 bridgehead atoms.